The normalized spacial score (nSPS) is 19.5. The summed E-state index contributed by atoms with van der Waals surface area (Å²) in [4.78, 5) is 3.65. The Morgan fingerprint density at radius 3 is 2.50 bits per heavy atom. The first kappa shape index (κ1) is 18.5. The van der Waals surface area contributed by atoms with E-state index in [1.54, 1.807) is 6.07 Å². The van der Waals surface area contributed by atoms with Gasteiger partial charge in [-0.05, 0) is 67.9 Å². The number of pyridine rings is 1. The lowest BCUT2D eigenvalue weighted by Crippen LogP contribution is -2.12. The molecule has 0 bridgehead atoms. The van der Waals surface area contributed by atoms with E-state index in [-0.39, 0.29) is 0 Å². The van der Waals surface area contributed by atoms with Crippen molar-refractivity contribution in [2.24, 2.45) is 5.92 Å². The Labute approximate surface area is 155 Å². The largest absolute Gasteiger partial charge is 0.494 e. The van der Waals surface area contributed by atoms with Gasteiger partial charge in [-0.15, -0.1) is 0 Å². The molecule has 0 unspecified atom stereocenters. The summed E-state index contributed by atoms with van der Waals surface area (Å²) in [6.45, 7) is 2.97. The minimum absolute atomic E-state index is 0.424. The fraction of sp³-hybridized carbons (Fsp3) is 0.435. The van der Waals surface area contributed by atoms with Gasteiger partial charge in [0.2, 0.25) is 5.95 Å². The van der Waals surface area contributed by atoms with Gasteiger partial charge in [-0.25, -0.2) is 4.98 Å². The van der Waals surface area contributed by atoms with E-state index in [2.05, 4.69) is 48.0 Å². The van der Waals surface area contributed by atoms with Crippen LogP contribution in [-0.2, 0) is 0 Å². The van der Waals surface area contributed by atoms with E-state index in [1.165, 1.54) is 17.8 Å². The number of unbranched alkanes of at least 4 members (excludes halogenated alkanes) is 1. The van der Waals surface area contributed by atoms with Gasteiger partial charge < -0.3 is 4.74 Å². The number of nitrogens with zero attached hydrogens (tertiary/aromatic N) is 1. The molecule has 1 aliphatic carbocycles. The molecule has 0 spiro atoms. The molecule has 0 atom stereocenters. The number of ether oxygens (including phenoxy) is 1. The molecule has 1 saturated carbocycles. The Morgan fingerprint density at radius 1 is 1.08 bits per heavy atom. The number of benzene rings is 1. The number of hydrogen-bond acceptors (Lipinski definition) is 2. The molecule has 2 nitrogen and oxygen atoms in total. The quantitative estimate of drug-likeness (QED) is 0.390. The lowest BCUT2D eigenvalue weighted by molar-refractivity contribution is 0.309. The van der Waals surface area contributed by atoms with E-state index in [4.69, 9.17) is 4.74 Å². The summed E-state index contributed by atoms with van der Waals surface area (Å²) in [6, 6.07) is 11.7. The highest BCUT2D eigenvalue weighted by molar-refractivity contribution is 5.33. The van der Waals surface area contributed by atoms with E-state index in [9.17, 15) is 4.39 Å². The van der Waals surface area contributed by atoms with Crippen LogP contribution in [0, 0.1) is 23.7 Å². The first-order valence-electron chi connectivity index (χ1n) is 9.60. The second-order valence-electron chi connectivity index (χ2n) is 6.96. The van der Waals surface area contributed by atoms with Gasteiger partial charge in [-0.2, -0.15) is 4.39 Å². The van der Waals surface area contributed by atoms with Crippen LogP contribution in [0.5, 0.6) is 5.75 Å². The highest BCUT2D eigenvalue weighted by atomic mass is 19.1. The zero-order valence-electron chi connectivity index (χ0n) is 15.4. The Bertz CT molecular complexity index is 735. The molecule has 136 valence electrons. The minimum atomic E-state index is -0.460. The first-order chi connectivity index (χ1) is 12.7. The molecular formula is C23H26FNO. The molecule has 1 aliphatic rings. The van der Waals surface area contributed by atoms with Crippen LogP contribution in [0.15, 0.2) is 42.6 Å². The van der Waals surface area contributed by atoms with E-state index < -0.39 is 5.95 Å². The molecule has 0 radical (unpaired) electrons. The van der Waals surface area contributed by atoms with Gasteiger partial charge >= 0.3 is 0 Å². The summed E-state index contributed by atoms with van der Waals surface area (Å²) < 4.78 is 18.6. The maximum Gasteiger partial charge on any atom is 0.212 e. The number of rotatable bonds is 5. The Hall–Kier alpha value is -2.34. The second kappa shape index (κ2) is 9.38. The van der Waals surface area contributed by atoms with Crippen molar-refractivity contribution in [3.8, 4) is 17.6 Å². The lowest BCUT2D eigenvalue weighted by atomic mass is 9.79. The molecule has 2 aromatic rings. The average molecular weight is 351 g/mol. The zero-order valence-corrected chi connectivity index (χ0v) is 15.4. The van der Waals surface area contributed by atoms with E-state index in [0.29, 0.717) is 11.8 Å². The summed E-state index contributed by atoms with van der Waals surface area (Å²) in [5.74, 6) is 8.01. The number of hydrogen-bond donors (Lipinski definition) is 0. The smallest absolute Gasteiger partial charge is 0.212 e. The van der Waals surface area contributed by atoms with Crippen molar-refractivity contribution < 1.29 is 9.13 Å². The molecule has 0 N–H and O–H groups in total. The molecule has 0 amide bonds. The Morgan fingerprint density at radius 2 is 1.85 bits per heavy atom. The summed E-state index contributed by atoms with van der Waals surface area (Å²) in [6.07, 6.45) is 8.30. The standard InChI is InChI=1S/C23H26FNO/c1-2-3-16-26-22-13-11-21(12-14-22)20-9-6-18(7-10-20)4-5-19-8-15-23(24)25-17-19/h8,11-15,17-18,20H,2-3,6-7,9-10,16H2,1H3. The summed E-state index contributed by atoms with van der Waals surface area (Å²) in [7, 11) is 0. The molecule has 26 heavy (non-hydrogen) atoms. The predicted molar refractivity (Wildman–Crippen MR) is 103 cm³/mol. The molecule has 1 heterocycles. The monoisotopic (exact) mass is 351 g/mol. The van der Waals surface area contributed by atoms with Crippen LogP contribution in [0.25, 0.3) is 0 Å². The topological polar surface area (TPSA) is 22.1 Å². The van der Waals surface area contributed by atoms with Gasteiger partial charge in [0.05, 0.1) is 6.61 Å². The van der Waals surface area contributed by atoms with Gasteiger partial charge in [0.15, 0.2) is 0 Å². The highest BCUT2D eigenvalue weighted by Gasteiger charge is 2.21. The fourth-order valence-corrected chi connectivity index (χ4v) is 3.38. The fourth-order valence-electron chi connectivity index (χ4n) is 3.38. The van der Waals surface area contributed by atoms with Crippen LogP contribution in [0.3, 0.4) is 0 Å². The SMILES string of the molecule is CCCCOc1ccc(C2CCC(C#Cc3ccc(F)nc3)CC2)cc1. The maximum absolute atomic E-state index is 12.8. The van der Waals surface area contributed by atoms with Crippen molar-refractivity contribution in [2.45, 2.75) is 51.4 Å². The third kappa shape index (κ3) is 5.33. The van der Waals surface area contributed by atoms with Crippen LogP contribution in [0.1, 0.15) is 62.5 Å². The zero-order chi connectivity index (χ0) is 18.2. The summed E-state index contributed by atoms with van der Waals surface area (Å²) in [5.41, 5.74) is 2.19. The molecule has 0 aliphatic heterocycles. The van der Waals surface area contributed by atoms with E-state index in [1.807, 2.05) is 0 Å². The molecule has 1 fully saturated rings. The maximum atomic E-state index is 12.8. The van der Waals surface area contributed by atoms with Crippen molar-refractivity contribution in [1.82, 2.24) is 4.98 Å². The minimum Gasteiger partial charge on any atom is -0.494 e. The number of aromatic nitrogens is 1. The summed E-state index contributed by atoms with van der Waals surface area (Å²) in [5, 5.41) is 0. The van der Waals surface area contributed by atoms with Gasteiger partial charge in [0.25, 0.3) is 0 Å². The molecule has 1 aromatic heterocycles. The van der Waals surface area contributed by atoms with Crippen molar-refractivity contribution in [3.63, 3.8) is 0 Å². The van der Waals surface area contributed by atoms with Crippen molar-refractivity contribution in [2.75, 3.05) is 6.61 Å². The predicted octanol–water partition coefficient (Wildman–Crippen LogP) is 5.73. The van der Waals surface area contributed by atoms with Crippen molar-refractivity contribution in [3.05, 3.63) is 59.7 Å². The van der Waals surface area contributed by atoms with Gasteiger partial charge in [-0.3, -0.25) is 0 Å². The van der Waals surface area contributed by atoms with Crippen LogP contribution in [0.4, 0.5) is 4.39 Å². The van der Waals surface area contributed by atoms with Crippen LogP contribution >= 0.6 is 0 Å². The first-order valence-corrected chi connectivity index (χ1v) is 9.60. The number of halogens is 1. The summed E-state index contributed by atoms with van der Waals surface area (Å²) >= 11 is 0. The van der Waals surface area contributed by atoms with Gasteiger partial charge in [0, 0.05) is 17.7 Å². The third-order valence-corrected chi connectivity index (χ3v) is 4.99. The molecule has 1 aromatic carbocycles. The molecule has 3 heteroatoms. The van der Waals surface area contributed by atoms with Gasteiger partial charge in [-0.1, -0.05) is 37.3 Å². The van der Waals surface area contributed by atoms with Crippen molar-refractivity contribution in [1.29, 1.82) is 0 Å². The molecular weight excluding hydrogens is 325 g/mol. The van der Waals surface area contributed by atoms with Crippen LogP contribution < -0.4 is 4.74 Å². The second-order valence-corrected chi connectivity index (χ2v) is 6.96. The lowest BCUT2D eigenvalue weighted by Gasteiger charge is -2.26. The third-order valence-electron chi connectivity index (χ3n) is 4.99. The van der Waals surface area contributed by atoms with Crippen LogP contribution in [-0.4, -0.2) is 11.6 Å². The van der Waals surface area contributed by atoms with Gasteiger partial charge in [0.1, 0.15) is 5.75 Å². The highest BCUT2D eigenvalue weighted by Crippen LogP contribution is 2.36. The Balaban J connectivity index is 1.50. The molecule has 0 saturated heterocycles. The van der Waals surface area contributed by atoms with E-state index >= 15 is 0 Å². The van der Waals surface area contributed by atoms with E-state index in [0.717, 1.165) is 56.4 Å². The van der Waals surface area contributed by atoms with Crippen LogP contribution in [0.2, 0.25) is 0 Å². The Kier molecular flexibility index (Phi) is 6.66. The van der Waals surface area contributed by atoms with Crippen molar-refractivity contribution >= 4 is 0 Å². The average Bonchev–Trinajstić information content (AvgIpc) is 2.69. The molecule has 3 rings (SSSR count).